The largest absolute Gasteiger partial charge is 0.392 e. The van der Waals surface area contributed by atoms with Gasteiger partial charge in [-0.25, -0.2) is 0 Å². The molecule has 1 rings (SSSR count). The van der Waals surface area contributed by atoms with Crippen molar-refractivity contribution in [3.63, 3.8) is 0 Å². The summed E-state index contributed by atoms with van der Waals surface area (Å²) >= 11 is 0. The van der Waals surface area contributed by atoms with Crippen molar-refractivity contribution in [2.24, 2.45) is 11.8 Å². The van der Waals surface area contributed by atoms with Gasteiger partial charge in [0.15, 0.2) is 0 Å². The normalized spacial score (nSPS) is 27.5. The van der Waals surface area contributed by atoms with Crippen LogP contribution in [-0.2, 0) is 0 Å². The highest BCUT2D eigenvalue weighted by molar-refractivity contribution is 4.96. The average molecular weight is 154 g/mol. The maximum atomic E-state index is 9.70. The van der Waals surface area contributed by atoms with E-state index in [1.807, 2.05) is 0 Å². The Morgan fingerprint density at radius 3 is 2.64 bits per heavy atom. The van der Waals surface area contributed by atoms with Crippen LogP contribution in [0.4, 0.5) is 0 Å². The van der Waals surface area contributed by atoms with E-state index in [-0.39, 0.29) is 6.10 Å². The molecule has 0 heterocycles. The molecule has 1 nitrogen and oxygen atoms in total. The Labute approximate surface area is 69.1 Å². The third kappa shape index (κ3) is 2.33. The molecular formula is C10H18O. The van der Waals surface area contributed by atoms with Crippen molar-refractivity contribution in [1.29, 1.82) is 0 Å². The molecule has 64 valence electrons. The first kappa shape index (κ1) is 8.79. The van der Waals surface area contributed by atoms with E-state index in [9.17, 15) is 5.11 Å². The minimum absolute atomic E-state index is 0.133. The summed E-state index contributed by atoms with van der Waals surface area (Å²) in [6.07, 6.45) is 7.84. The van der Waals surface area contributed by atoms with Crippen LogP contribution in [0.2, 0.25) is 0 Å². The Kier molecular flexibility index (Phi) is 3.13. The number of hydrogen-bond acceptors (Lipinski definition) is 1. The van der Waals surface area contributed by atoms with Crippen LogP contribution in [0.15, 0.2) is 12.2 Å². The Morgan fingerprint density at radius 1 is 1.45 bits per heavy atom. The topological polar surface area (TPSA) is 20.2 Å². The molecular weight excluding hydrogens is 136 g/mol. The van der Waals surface area contributed by atoms with E-state index in [1.165, 1.54) is 12.8 Å². The van der Waals surface area contributed by atoms with E-state index in [4.69, 9.17) is 0 Å². The Bertz CT molecular complexity index is 138. The Hall–Kier alpha value is -0.300. The van der Waals surface area contributed by atoms with Gasteiger partial charge in [0.2, 0.25) is 0 Å². The van der Waals surface area contributed by atoms with Crippen LogP contribution in [0.3, 0.4) is 0 Å². The molecule has 1 aliphatic carbocycles. The number of aliphatic hydroxyl groups is 1. The summed E-state index contributed by atoms with van der Waals surface area (Å²) in [5.41, 5.74) is 0. The lowest BCUT2D eigenvalue weighted by Gasteiger charge is -2.24. The quantitative estimate of drug-likeness (QED) is 0.605. The number of hydrogen-bond donors (Lipinski definition) is 1. The molecule has 0 aromatic heterocycles. The molecule has 1 aliphatic rings. The number of aliphatic hydroxyl groups excluding tert-OH is 1. The van der Waals surface area contributed by atoms with Crippen LogP contribution in [0.5, 0.6) is 0 Å². The summed E-state index contributed by atoms with van der Waals surface area (Å²) in [4.78, 5) is 0. The minimum atomic E-state index is -0.133. The molecule has 0 radical (unpaired) electrons. The van der Waals surface area contributed by atoms with E-state index >= 15 is 0 Å². The molecule has 1 N–H and O–H groups in total. The molecule has 2 atom stereocenters. The monoisotopic (exact) mass is 154 g/mol. The van der Waals surface area contributed by atoms with E-state index in [0.29, 0.717) is 11.8 Å². The summed E-state index contributed by atoms with van der Waals surface area (Å²) in [6.45, 7) is 4.15. The van der Waals surface area contributed by atoms with Crippen LogP contribution in [0.1, 0.15) is 33.1 Å². The van der Waals surface area contributed by atoms with E-state index in [1.54, 1.807) is 0 Å². The summed E-state index contributed by atoms with van der Waals surface area (Å²) in [5.74, 6) is 0.812. The highest BCUT2D eigenvalue weighted by Gasteiger charge is 2.20. The predicted octanol–water partition coefficient (Wildman–Crippen LogP) is 2.36. The molecule has 0 unspecified atom stereocenters. The molecule has 0 spiro atoms. The molecule has 0 bridgehead atoms. The van der Waals surface area contributed by atoms with Gasteiger partial charge in [-0.2, -0.15) is 0 Å². The molecule has 0 fully saturated rings. The van der Waals surface area contributed by atoms with Crippen LogP contribution in [0.25, 0.3) is 0 Å². The molecule has 0 aromatic rings. The van der Waals surface area contributed by atoms with E-state index < -0.39 is 0 Å². The van der Waals surface area contributed by atoms with E-state index in [0.717, 1.165) is 6.42 Å². The smallest absolute Gasteiger partial charge is 0.0625 e. The molecule has 11 heavy (non-hydrogen) atoms. The van der Waals surface area contributed by atoms with Crippen molar-refractivity contribution >= 4 is 0 Å². The fourth-order valence-corrected chi connectivity index (χ4v) is 1.62. The van der Waals surface area contributed by atoms with Gasteiger partial charge in [-0.1, -0.05) is 26.0 Å². The summed E-state index contributed by atoms with van der Waals surface area (Å²) < 4.78 is 0. The highest BCUT2D eigenvalue weighted by Crippen LogP contribution is 2.23. The first-order valence-corrected chi connectivity index (χ1v) is 4.56. The number of rotatable bonds is 2. The van der Waals surface area contributed by atoms with Gasteiger partial charge in [0.1, 0.15) is 0 Å². The summed E-state index contributed by atoms with van der Waals surface area (Å²) in [7, 11) is 0. The highest BCUT2D eigenvalue weighted by atomic mass is 16.3. The van der Waals surface area contributed by atoms with Gasteiger partial charge in [0.25, 0.3) is 0 Å². The number of allylic oxidation sites excluding steroid dienone is 1. The maximum Gasteiger partial charge on any atom is 0.0625 e. The Morgan fingerprint density at radius 2 is 2.18 bits per heavy atom. The minimum Gasteiger partial charge on any atom is -0.392 e. The second-order valence-electron chi connectivity index (χ2n) is 3.76. The lowest BCUT2D eigenvalue weighted by molar-refractivity contribution is 0.0780. The van der Waals surface area contributed by atoms with Crippen LogP contribution in [-0.4, -0.2) is 11.2 Å². The van der Waals surface area contributed by atoms with Gasteiger partial charge in [-0.05, 0) is 25.2 Å². The fourth-order valence-electron chi connectivity index (χ4n) is 1.62. The van der Waals surface area contributed by atoms with Gasteiger partial charge >= 0.3 is 0 Å². The molecule has 1 heteroatoms. The van der Waals surface area contributed by atoms with Crippen molar-refractivity contribution < 1.29 is 5.11 Å². The van der Waals surface area contributed by atoms with Crippen LogP contribution >= 0.6 is 0 Å². The first-order chi connectivity index (χ1) is 5.22. The van der Waals surface area contributed by atoms with Crippen LogP contribution in [0, 0.1) is 11.8 Å². The van der Waals surface area contributed by atoms with Crippen molar-refractivity contribution in [3.05, 3.63) is 12.2 Å². The van der Waals surface area contributed by atoms with Crippen molar-refractivity contribution in [2.75, 3.05) is 0 Å². The zero-order valence-corrected chi connectivity index (χ0v) is 7.46. The van der Waals surface area contributed by atoms with Crippen LogP contribution < -0.4 is 0 Å². The zero-order valence-electron chi connectivity index (χ0n) is 7.46. The van der Waals surface area contributed by atoms with Gasteiger partial charge in [0, 0.05) is 5.92 Å². The SMILES string of the molecule is CC(C)[C@@H](O)[C@@H]1C=CCCC1. The standard InChI is InChI=1S/C10H18O/c1-8(2)10(11)9-6-4-3-5-7-9/h4,6,8-11H,3,5,7H2,1-2H3/t9-,10-/m1/s1. The summed E-state index contributed by atoms with van der Waals surface area (Å²) in [6, 6.07) is 0. The van der Waals surface area contributed by atoms with Crippen molar-refractivity contribution in [2.45, 2.75) is 39.2 Å². The average Bonchev–Trinajstić information content (AvgIpc) is 2.05. The molecule has 0 amide bonds. The van der Waals surface area contributed by atoms with Gasteiger partial charge in [0.05, 0.1) is 6.10 Å². The third-order valence-electron chi connectivity index (χ3n) is 2.41. The second kappa shape index (κ2) is 3.91. The lowest BCUT2D eigenvalue weighted by atomic mass is 9.86. The van der Waals surface area contributed by atoms with Crippen molar-refractivity contribution in [3.8, 4) is 0 Å². The third-order valence-corrected chi connectivity index (χ3v) is 2.41. The van der Waals surface area contributed by atoms with Gasteiger partial charge < -0.3 is 5.11 Å². The van der Waals surface area contributed by atoms with E-state index in [2.05, 4.69) is 26.0 Å². The zero-order chi connectivity index (χ0) is 8.27. The molecule has 0 aromatic carbocycles. The predicted molar refractivity (Wildman–Crippen MR) is 47.3 cm³/mol. The van der Waals surface area contributed by atoms with Gasteiger partial charge in [-0.3, -0.25) is 0 Å². The Balaban J connectivity index is 2.45. The van der Waals surface area contributed by atoms with Gasteiger partial charge in [-0.15, -0.1) is 0 Å². The molecule has 0 aliphatic heterocycles. The first-order valence-electron chi connectivity index (χ1n) is 4.56. The lowest BCUT2D eigenvalue weighted by Crippen LogP contribution is -2.25. The second-order valence-corrected chi connectivity index (χ2v) is 3.76. The fraction of sp³-hybridized carbons (Fsp3) is 0.800. The molecule has 0 saturated carbocycles. The molecule has 0 saturated heterocycles. The maximum absolute atomic E-state index is 9.70. The summed E-state index contributed by atoms with van der Waals surface area (Å²) in [5, 5.41) is 9.70. The van der Waals surface area contributed by atoms with Crippen molar-refractivity contribution in [1.82, 2.24) is 0 Å².